The van der Waals surface area contributed by atoms with Gasteiger partial charge in [0.2, 0.25) is 0 Å². The lowest BCUT2D eigenvalue weighted by Crippen LogP contribution is -1.99. The van der Waals surface area contributed by atoms with E-state index in [9.17, 15) is 32.6 Å². The number of nitro benzene ring substituents is 1. The van der Waals surface area contributed by atoms with Gasteiger partial charge in [-0.05, 0) is 35.9 Å². The van der Waals surface area contributed by atoms with Gasteiger partial charge in [-0.3, -0.25) is 10.1 Å². The fourth-order valence-corrected chi connectivity index (χ4v) is 3.31. The molecule has 0 aliphatic rings. The van der Waals surface area contributed by atoms with Gasteiger partial charge in [0.25, 0.3) is 5.69 Å². The van der Waals surface area contributed by atoms with Crippen LogP contribution < -0.4 is 4.74 Å². The highest BCUT2D eigenvalue weighted by molar-refractivity contribution is 7.90. The van der Waals surface area contributed by atoms with E-state index in [4.69, 9.17) is 4.74 Å². The van der Waals surface area contributed by atoms with Crippen molar-refractivity contribution in [2.45, 2.75) is 4.90 Å². The molecule has 3 aromatic rings. The zero-order chi connectivity index (χ0) is 22.1. The summed E-state index contributed by atoms with van der Waals surface area (Å²) in [5.41, 5.74) is -0.284. The van der Waals surface area contributed by atoms with E-state index >= 15 is 0 Å². The second-order valence-corrected chi connectivity index (χ2v) is 8.22. The molecule has 0 heterocycles. The van der Waals surface area contributed by atoms with Gasteiger partial charge in [0, 0.05) is 17.9 Å². The normalized spacial score (nSPS) is 11.0. The molecular weight excluding hydrogens is 418 g/mol. The maximum atomic E-state index is 14.0. The van der Waals surface area contributed by atoms with Gasteiger partial charge in [0.1, 0.15) is 23.2 Å². The summed E-state index contributed by atoms with van der Waals surface area (Å²) in [4.78, 5) is 10.6. The van der Waals surface area contributed by atoms with E-state index in [1.54, 1.807) is 6.07 Å². The van der Waals surface area contributed by atoms with Crippen molar-refractivity contribution in [1.29, 1.82) is 5.26 Å². The summed E-state index contributed by atoms with van der Waals surface area (Å²) in [6, 6.07) is 11.9. The van der Waals surface area contributed by atoms with Crippen LogP contribution in [-0.4, -0.2) is 19.6 Å². The number of sulfone groups is 1. The molecule has 0 radical (unpaired) electrons. The zero-order valence-corrected chi connectivity index (χ0v) is 16.1. The number of hydrogen-bond donors (Lipinski definition) is 0. The van der Waals surface area contributed by atoms with Crippen molar-refractivity contribution in [2.75, 3.05) is 6.26 Å². The minimum atomic E-state index is -3.46. The lowest BCUT2D eigenvalue weighted by atomic mass is 10.0. The summed E-state index contributed by atoms with van der Waals surface area (Å²) < 4.78 is 56.0. The molecule has 10 heteroatoms. The van der Waals surface area contributed by atoms with Crippen molar-refractivity contribution in [3.8, 4) is 28.7 Å². The molecule has 0 spiro atoms. The molecule has 0 amide bonds. The summed E-state index contributed by atoms with van der Waals surface area (Å²) >= 11 is 0. The molecule has 30 heavy (non-hydrogen) atoms. The molecule has 0 unspecified atom stereocenters. The van der Waals surface area contributed by atoms with Crippen LogP contribution in [0.4, 0.5) is 14.5 Å². The first-order chi connectivity index (χ1) is 14.1. The van der Waals surface area contributed by atoms with Crippen LogP contribution >= 0.6 is 0 Å². The average Bonchev–Trinajstić information content (AvgIpc) is 2.69. The van der Waals surface area contributed by atoms with Crippen LogP contribution in [0.5, 0.6) is 11.5 Å². The van der Waals surface area contributed by atoms with Crippen LogP contribution in [0.25, 0.3) is 11.1 Å². The Morgan fingerprint density at radius 3 is 2.23 bits per heavy atom. The number of ether oxygens (including phenoxy) is 1. The van der Waals surface area contributed by atoms with E-state index in [0.29, 0.717) is 11.6 Å². The Labute approximate surface area is 169 Å². The molecule has 7 nitrogen and oxygen atoms in total. The fourth-order valence-electron chi connectivity index (χ4n) is 2.68. The Hall–Kier alpha value is -3.84. The van der Waals surface area contributed by atoms with Crippen molar-refractivity contribution in [3.05, 3.63) is 81.9 Å². The lowest BCUT2D eigenvalue weighted by molar-refractivity contribution is -0.385. The lowest BCUT2D eigenvalue weighted by Gasteiger charge is -2.13. The van der Waals surface area contributed by atoms with Crippen molar-refractivity contribution in [2.24, 2.45) is 0 Å². The molecule has 0 aliphatic heterocycles. The predicted molar refractivity (Wildman–Crippen MR) is 103 cm³/mol. The third-order valence-electron chi connectivity index (χ3n) is 4.12. The third kappa shape index (κ3) is 4.26. The second kappa shape index (κ2) is 7.88. The highest BCUT2D eigenvalue weighted by atomic mass is 32.2. The van der Waals surface area contributed by atoms with Crippen LogP contribution in [0.15, 0.2) is 59.5 Å². The van der Waals surface area contributed by atoms with Crippen LogP contribution in [0.2, 0.25) is 0 Å². The van der Waals surface area contributed by atoms with Gasteiger partial charge < -0.3 is 4.74 Å². The van der Waals surface area contributed by atoms with Gasteiger partial charge in [-0.25, -0.2) is 17.2 Å². The monoisotopic (exact) mass is 430 g/mol. The Morgan fingerprint density at radius 1 is 1.03 bits per heavy atom. The molecule has 3 aromatic carbocycles. The van der Waals surface area contributed by atoms with Gasteiger partial charge >= 0.3 is 0 Å². The van der Waals surface area contributed by atoms with E-state index in [1.165, 1.54) is 30.3 Å². The molecule has 0 atom stereocenters. The Balaban J connectivity index is 2.19. The second-order valence-electron chi connectivity index (χ2n) is 6.21. The highest BCUT2D eigenvalue weighted by Gasteiger charge is 2.22. The van der Waals surface area contributed by atoms with Crippen LogP contribution in [0.3, 0.4) is 0 Å². The first-order valence-corrected chi connectivity index (χ1v) is 10.1. The smallest absolute Gasteiger partial charge is 0.290 e. The van der Waals surface area contributed by atoms with Crippen molar-refractivity contribution < 1.29 is 26.9 Å². The van der Waals surface area contributed by atoms with Gasteiger partial charge in [0.05, 0.1) is 15.9 Å². The van der Waals surface area contributed by atoms with Crippen molar-refractivity contribution in [3.63, 3.8) is 0 Å². The maximum absolute atomic E-state index is 14.0. The van der Waals surface area contributed by atoms with Crippen molar-refractivity contribution in [1.82, 2.24) is 0 Å². The number of benzene rings is 3. The molecule has 152 valence electrons. The summed E-state index contributed by atoms with van der Waals surface area (Å²) in [6.45, 7) is 0. The summed E-state index contributed by atoms with van der Waals surface area (Å²) in [5, 5.41) is 20.6. The molecule has 0 aromatic heterocycles. The zero-order valence-electron chi connectivity index (χ0n) is 15.3. The van der Waals surface area contributed by atoms with E-state index in [0.717, 1.165) is 24.5 Å². The summed E-state index contributed by atoms with van der Waals surface area (Å²) in [5.74, 6) is -2.41. The van der Waals surface area contributed by atoms with E-state index in [-0.39, 0.29) is 27.5 Å². The largest absolute Gasteiger partial charge is 0.453 e. The number of nitriles is 1. The standard InChI is InChI=1S/C20H12F2N2O5S/c1-30(27,28)15-5-2-12(3-6-15)16-8-13(11-23)18(24(25)26)10-20(16)29-19-7-4-14(21)9-17(19)22/h2-10H,1H3. The summed E-state index contributed by atoms with van der Waals surface area (Å²) in [6.07, 6.45) is 1.04. The van der Waals surface area contributed by atoms with E-state index in [1.807, 2.05) is 0 Å². The quantitative estimate of drug-likeness (QED) is 0.432. The molecule has 0 saturated heterocycles. The van der Waals surface area contributed by atoms with Gasteiger partial charge in [0.15, 0.2) is 21.4 Å². The minimum absolute atomic E-state index is 0.0423. The topological polar surface area (TPSA) is 110 Å². The number of halogens is 2. The Morgan fingerprint density at radius 2 is 1.70 bits per heavy atom. The molecule has 0 N–H and O–H groups in total. The first kappa shape index (κ1) is 20.9. The Kier molecular flexibility index (Phi) is 5.49. The number of nitro groups is 1. The summed E-state index contributed by atoms with van der Waals surface area (Å²) in [7, 11) is -3.46. The first-order valence-electron chi connectivity index (χ1n) is 8.26. The maximum Gasteiger partial charge on any atom is 0.290 e. The van der Waals surface area contributed by atoms with Gasteiger partial charge in [-0.15, -0.1) is 0 Å². The molecule has 0 saturated carbocycles. The number of rotatable bonds is 5. The molecular formula is C20H12F2N2O5S. The predicted octanol–water partition coefficient (Wildman–Crippen LogP) is 4.61. The van der Waals surface area contributed by atoms with Crippen LogP contribution in [-0.2, 0) is 9.84 Å². The Bertz CT molecular complexity index is 1300. The molecule has 0 bridgehead atoms. The van der Waals surface area contributed by atoms with Crippen LogP contribution in [0.1, 0.15) is 5.56 Å². The van der Waals surface area contributed by atoms with Gasteiger partial charge in [-0.1, -0.05) is 12.1 Å². The van der Waals surface area contributed by atoms with Gasteiger partial charge in [-0.2, -0.15) is 5.26 Å². The minimum Gasteiger partial charge on any atom is -0.453 e. The van der Waals surface area contributed by atoms with E-state index < -0.39 is 32.1 Å². The van der Waals surface area contributed by atoms with E-state index in [2.05, 4.69) is 0 Å². The number of hydrogen-bond acceptors (Lipinski definition) is 6. The third-order valence-corrected chi connectivity index (χ3v) is 5.25. The molecule has 0 fully saturated rings. The van der Waals surface area contributed by atoms with Crippen molar-refractivity contribution >= 4 is 15.5 Å². The molecule has 3 rings (SSSR count). The number of nitrogens with zero attached hydrogens (tertiary/aromatic N) is 2. The SMILES string of the molecule is CS(=O)(=O)c1ccc(-c2cc(C#N)c([N+](=O)[O-])cc2Oc2ccc(F)cc2F)cc1. The average molecular weight is 430 g/mol. The molecule has 0 aliphatic carbocycles. The fraction of sp³-hybridized carbons (Fsp3) is 0.0500. The highest BCUT2D eigenvalue weighted by Crippen LogP contribution is 2.39. The van der Waals surface area contributed by atoms with Crippen LogP contribution in [0, 0.1) is 33.1 Å².